The molecule has 2 aromatic rings. The Morgan fingerprint density at radius 2 is 1.84 bits per heavy atom. The highest BCUT2D eigenvalue weighted by molar-refractivity contribution is 7.90. The van der Waals surface area contributed by atoms with Crippen LogP contribution in [0.4, 0.5) is 5.69 Å². The predicted octanol–water partition coefficient (Wildman–Crippen LogP) is 4.12. The van der Waals surface area contributed by atoms with Crippen molar-refractivity contribution in [2.24, 2.45) is 0 Å². The summed E-state index contributed by atoms with van der Waals surface area (Å²) in [6.45, 7) is 8.50. The zero-order valence-corrected chi connectivity index (χ0v) is 20.5. The standard InChI is InChI=1S/C22H25ClN2O5S.ClH/c1-13(2)29-22(26)15-8-14(3)20-19(10-15)31(27,28)12-16-9-17(11-18(23)21(16)30-20)25-6-4-24-5-7-25;/h8-11,13,24H,4-7,12H2,1-3H3;1H. The van der Waals surface area contributed by atoms with E-state index in [0.29, 0.717) is 21.9 Å². The number of benzene rings is 2. The van der Waals surface area contributed by atoms with E-state index in [-0.39, 0.29) is 40.5 Å². The highest BCUT2D eigenvalue weighted by Gasteiger charge is 2.32. The van der Waals surface area contributed by atoms with Crippen LogP contribution in [0.25, 0.3) is 0 Å². The number of rotatable bonds is 3. The van der Waals surface area contributed by atoms with Gasteiger partial charge in [0.15, 0.2) is 9.84 Å². The van der Waals surface area contributed by atoms with Crippen LogP contribution in [0, 0.1) is 6.92 Å². The lowest BCUT2D eigenvalue weighted by Gasteiger charge is -2.30. The summed E-state index contributed by atoms with van der Waals surface area (Å²) < 4.78 is 37.9. The second kappa shape index (κ2) is 9.47. The van der Waals surface area contributed by atoms with Crippen molar-refractivity contribution in [3.8, 4) is 11.5 Å². The topological polar surface area (TPSA) is 84.9 Å². The van der Waals surface area contributed by atoms with Crippen molar-refractivity contribution < 1.29 is 22.7 Å². The molecule has 4 rings (SSSR count). The van der Waals surface area contributed by atoms with Crippen molar-refractivity contribution >= 4 is 45.5 Å². The van der Waals surface area contributed by atoms with E-state index in [1.54, 1.807) is 26.8 Å². The lowest BCUT2D eigenvalue weighted by molar-refractivity contribution is 0.0377. The van der Waals surface area contributed by atoms with Gasteiger partial charge in [0.25, 0.3) is 0 Å². The molecule has 174 valence electrons. The number of aryl methyl sites for hydroxylation is 1. The number of esters is 1. The van der Waals surface area contributed by atoms with Crippen LogP contribution in [0.5, 0.6) is 11.5 Å². The van der Waals surface area contributed by atoms with Crippen LogP contribution in [-0.2, 0) is 20.3 Å². The number of piperazine rings is 1. The number of carbonyl (C=O) groups is 1. The van der Waals surface area contributed by atoms with Gasteiger partial charge in [-0.3, -0.25) is 0 Å². The quantitative estimate of drug-likeness (QED) is 0.634. The Labute approximate surface area is 199 Å². The van der Waals surface area contributed by atoms with E-state index in [1.165, 1.54) is 6.07 Å². The number of hydrogen-bond donors (Lipinski definition) is 1. The Morgan fingerprint density at radius 1 is 1.16 bits per heavy atom. The molecule has 7 nitrogen and oxygen atoms in total. The zero-order valence-electron chi connectivity index (χ0n) is 18.1. The van der Waals surface area contributed by atoms with Crippen LogP contribution in [-0.4, -0.2) is 46.7 Å². The molecule has 0 aliphatic carbocycles. The average molecular weight is 501 g/mol. The first-order valence-electron chi connectivity index (χ1n) is 10.2. The van der Waals surface area contributed by atoms with E-state index < -0.39 is 15.8 Å². The molecule has 0 bridgehead atoms. The van der Waals surface area contributed by atoms with Crippen molar-refractivity contribution in [2.45, 2.75) is 37.5 Å². The predicted molar refractivity (Wildman–Crippen MR) is 126 cm³/mol. The third-order valence-electron chi connectivity index (χ3n) is 5.29. The Bertz CT molecular complexity index is 1150. The Hall–Kier alpha value is -2.00. The molecule has 0 unspecified atom stereocenters. The molecule has 1 N–H and O–H groups in total. The molecule has 2 aliphatic rings. The summed E-state index contributed by atoms with van der Waals surface area (Å²) in [6, 6.07) is 6.55. The van der Waals surface area contributed by atoms with E-state index in [9.17, 15) is 13.2 Å². The lowest BCUT2D eigenvalue weighted by Crippen LogP contribution is -2.43. The molecule has 2 heterocycles. The molecule has 32 heavy (non-hydrogen) atoms. The van der Waals surface area contributed by atoms with Crippen LogP contribution < -0.4 is 15.0 Å². The minimum absolute atomic E-state index is 0. The van der Waals surface area contributed by atoms with Gasteiger partial charge in [0.05, 0.1) is 22.4 Å². The van der Waals surface area contributed by atoms with Crippen molar-refractivity contribution in [2.75, 3.05) is 31.1 Å². The fourth-order valence-corrected chi connectivity index (χ4v) is 5.69. The SMILES string of the molecule is Cc1cc(C(=O)OC(C)C)cc2c1Oc1c(Cl)cc(N3CCNCC3)cc1CS2(=O)=O.Cl. The van der Waals surface area contributed by atoms with Gasteiger partial charge in [0, 0.05) is 37.4 Å². The van der Waals surface area contributed by atoms with Crippen LogP contribution in [0.3, 0.4) is 0 Å². The van der Waals surface area contributed by atoms with Gasteiger partial charge in [0.2, 0.25) is 0 Å². The number of nitrogens with zero attached hydrogens (tertiary/aromatic N) is 1. The lowest BCUT2D eigenvalue weighted by atomic mass is 10.1. The second-order valence-corrected chi connectivity index (χ2v) is 10.5. The first kappa shape index (κ1) is 24.6. The van der Waals surface area contributed by atoms with Gasteiger partial charge in [-0.25, -0.2) is 13.2 Å². The van der Waals surface area contributed by atoms with Crippen molar-refractivity contribution in [3.05, 3.63) is 46.0 Å². The Morgan fingerprint density at radius 3 is 2.50 bits per heavy atom. The Kier molecular flexibility index (Phi) is 7.29. The second-order valence-electron chi connectivity index (χ2n) is 8.09. The monoisotopic (exact) mass is 500 g/mol. The molecule has 0 saturated carbocycles. The third-order valence-corrected chi connectivity index (χ3v) is 7.24. The fraction of sp³-hybridized carbons (Fsp3) is 0.409. The normalized spacial score (nSPS) is 16.8. The van der Waals surface area contributed by atoms with E-state index in [2.05, 4.69) is 10.2 Å². The van der Waals surface area contributed by atoms with E-state index in [0.717, 1.165) is 31.9 Å². The minimum Gasteiger partial charge on any atom is -0.459 e. The largest absolute Gasteiger partial charge is 0.459 e. The summed E-state index contributed by atoms with van der Waals surface area (Å²) in [5.41, 5.74) is 2.07. The molecule has 2 aliphatic heterocycles. The molecule has 0 aromatic heterocycles. The maximum Gasteiger partial charge on any atom is 0.338 e. The van der Waals surface area contributed by atoms with Gasteiger partial charge in [-0.15, -0.1) is 12.4 Å². The van der Waals surface area contributed by atoms with E-state index in [1.807, 2.05) is 12.1 Å². The molecular weight excluding hydrogens is 475 g/mol. The minimum atomic E-state index is -3.79. The smallest absolute Gasteiger partial charge is 0.338 e. The summed E-state index contributed by atoms with van der Waals surface area (Å²) >= 11 is 6.55. The number of halogens is 2. The zero-order chi connectivity index (χ0) is 22.3. The number of hydrogen-bond acceptors (Lipinski definition) is 7. The Balaban J connectivity index is 0.00000289. The average Bonchev–Trinajstić information content (AvgIpc) is 2.82. The number of carbonyl (C=O) groups excluding carboxylic acids is 1. The van der Waals surface area contributed by atoms with Gasteiger partial charge >= 0.3 is 5.97 Å². The highest BCUT2D eigenvalue weighted by atomic mass is 35.5. The van der Waals surface area contributed by atoms with Crippen LogP contribution in [0.15, 0.2) is 29.2 Å². The molecule has 1 saturated heterocycles. The molecular formula is C22H26Cl2N2O5S. The fourth-order valence-electron chi connectivity index (χ4n) is 3.85. The van der Waals surface area contributed by atoms with Gasteiger partial charge in [-0.05, 0) is 50.6 Å². The molecule has 0 spiro atoms. The number of sulfone groups is 1. The number of anilines is 1. The van der Waals surface area contributed by atoms with Crippen molar-refractivity contribution in [1.82, 2.24) is 5.32 Å². The molecule has 10 heteroatoms. The summed E-state index contributed by atoms with van der Waals surface area (Å²) in [5, 5.41) is 3.65. The molecule has 1 fully saturated rings. The number of ether oxygens (including phenoxy) is 2. The highest BCUT2D eigenvalue weighted by Crippen LogP contribution is 2.45. The molecule has 0 radical (unpaired) electrons. The number of nitrogens with one attached hydrogen (secondary N) is 1. The summed E-state index contributed by atoms with van der Waals surface area (Å²) in [4.78, 5) is 14.5. The van der Waals surface area contributed by atoms with Gasteiger partial charge in [-0.1, -0.05) is 11.6 Å². The molecule has 2 aromatic carbocycles. The summed E-state index contributed by atoms with van der Waals surface area (Å²) in [6.07, 6.45) is -0.314. The van der Waals surface area contributed by atoms with Crippen LogP contribution >= 0.6 is 24.0 Å². The number of fused-ring (bicyclic) bond motifs is 2. The first-order valence-corrected chi connectivity index (χ1v) is 12.2. The first-order chi connectivity index (χ1) is 14.7. The van der Waals surface area contributed by atoms with Crippen LogP contribution in [0.1, 0.15) is 35.3 Å². The van der Waals surface area contributed by atoms with Crippen molar-refractivity contribution in [3.63, 3.8) is 0 Å². The van der Waals surface area contributed by atoms with Gasteiger partial charge in [-0.2, -0.15) is 0 Å². The third kappa shape index (κ3) is 4.83. The van der Waals surface area contributed by atoms with Crippen molar-refractivity contribution in [1.29, 1.82) is 0 Å². The maximum absolute atomic E-state index is 13.3. The summed E-state index contributed by atoms with van der Waals surface area (Å²) in [5.74, 6) is -0.311. The van der Waals surface area contributed by atoms with Gasteiger partial charge in [0.1, 0.15) is 16.4 Å². The van der Waals surface area contributed by atoms with Gasteiger partial charge < -0.3 is 19.7 Å². The van der Waals surface area contributed by atoms with E-state index >= 15 is 0 Å². The maximum atomic E-state index is 13.3. The van der Waals surface area contributed by atoms with Crippen LogP contribution in [0.2, 0.25) is 5.02 Å². The molecule has 0 amide bonds. The van der Waals surface area contributed by atoms with E-state index in [4.69, 9.17) is 21.1 Å². The summed E-state index contributed by atoms with van der Waals surface area (Å²) in [7, 11) is -3.79. The molecule has 0 atom stereocenters.